The summed E-state index contributed by atoms with van der Waals surface area (Å²) in [7, 11) is -0.842. The van der Waals surface area contributed by atoms with Gasteiger partial charge in [0, 0.05) is 19.5 Å². The number of aromatic nitrogens is 2. The molecule has 4 heteroatoms. The minimum atomic E-state index is -0.842. The van der Waals surface area contributed by atoms with Gasteiger partial charge >= 0.3 is 0 Å². The van der Waals surface area contributed by atoms with E-state index in [1.165, 1.54) is 23.2 Å². The second-order valence-corrected chi connectivity index (χ2v) is 11.6. The van der Waals surface area contributed by atoms with E-state index in [1.54, 1.807) is 6.33 Å². The number of hydrogen-bond donors (Lipinski definition) is 1. The van der Waals surface area contributed by atoms with Crippen LogP contribution in [0, 0.1) is 6.92 Å². The van der Waals surface area contributed by atoms with E-state index in [0.717, 1.165) is 5.75 Å². The Bertz CT molecular complexity index is 278. The lowest BCUT2D eigenvalue weighted by molar-refractivity contribution is 1.19. The van der Waals surface area contributed by atoms with Crippen LogP contribution < -0.4 is 0 Å². The van der Waals surface area contributed by atoms with Gasteiger partial charge in [-0.2, -0.15) is 11.8 Å². The summed E-state index contributed by atoms with van der Waals surface area (Å²) in [4.78, 5) is 7.39. The maximum absolute atomic E-state index is 4.28. The molecule has 0 aliphatic rings. The molecule has 0 aliphatic carbocycles. The average molecular weight is 228 g/mol. The van der Waals surface area contributed by atoms with Crippen LogP contribution in [0.1, 0.15) is 11.4 Å². The van der Waals surface area contributed by atoms with Crippen LogP contribution in [0.25, 0.3) is 0 Å². The first-order chi connectivity index (χ1) is 6.49. The van der Waals surface area contributed by atoms with Crippen molar-refractivity contribution in [2.75, 3.05) is 5.75 Å². The van der Waals surface area contributed by atoms with Crippen molar-refractivity contribution < 1.29 is 0 Å². The quantitative estimate of drug-likeness (QED) is 0.619. The Morgan fingerprint density at radius 3 is 2.64 bits per heavy atom. The number of aromatic amines is 1. The maximum atomic E-state index is 4.28. The molecule has 1 aromatic rings. The predicted molar refractivity (Wildman–Crippen MR) is 67.6 cm³/mol. The fraction of sp³-hybridized carbons (Fsp3) is 0.700. The molecule has 0 atom stereocenters. The Morgan fingerprint density at radius 2 is 2.14 bits per heavy atom. The molecule has 1 heterocycles. The van der Waals surface area contributed by atoms with Gasteiger partial charge in [-0.05, 0) is 18.7 Å². The molecule has 80 valence electrons. The molecule has 0 saturated carbocycles. The lowest BCUT2D eigenvalue weighted by Gasteiger charge is -2.14. The summed E-state index contributed by atoms with van der Waals surface area (Å²) in [6, 6.07) is 1.40. The molecule has 0 aromatic carbocycles. The molecule has 14 heavy (non-hydrogen) atoms. The number of rotatable bonds is 5. The highest BCUT2D eigenvalue weighted by molar-refractivity contribution is 7.98. The molecular formula is C10H20N2SSi. The van der Waals surface area contributed by atoms with Crippen molar-refractivity contribution in [1.82, 2.24) is 9.97 Å². The highest BCUT2D eigenvalue weighted by atomic mass is 32.2. The Hall–Kier alpha value is -0.223. The van der Waals surface area contributed by atoms with E-state index < -0.39 is 8.07 Å². The molecule has 0 bridgehead atoms. The van der Waals surface area contributed by atoms with Crippen molar-refractivity contribution >= 4 is 19.8 Å². The zero-order valence-corrected chi connectivity index (χ0v) is 11.4. The largest absolute Gasteiger partial charge is 0.348 e. The SMILES string of the molecule is Cc1[nH]cnc1CSCC[Si](C)(C)C. The first-order valence-electron chi connectivity index (χ1n) is 5.05. The highest BCUT2D eigenvalue weighted by Gasteiger charge is 2.12. The lowest BCUT2D eigenvalue weighted by Crippen LogP contribution is -2.19. The molecule has 0 amide bonds. The van der Waals surface area contributed by atoms with Crippen molar-refractivity contribution in [3.63, 3.8) is 0 Å². The number of H-pyrrole nitrogens is 1. The summed E-state index contributed by atoms with van der Waals surface area (Å²) >= 11 is 2.00. The predicted octanol–water partition coefficient (Wildman–Crippen LogP) is 3.29. The van der Waals surface area contributed by atoms with Crippen molar-refractivity contribution in [3.8, 4) is 0 Å². The molecule has 0 radical (unpaired) electrons. The van der Waals surface area contributed by atoms with E-state index in [-0.39, 0.29) is 0 Å². The molecule has 1 aromatic heterocycles. The van der Waals surface area contributed by atoms with Crippen LogP contribution in [-0.2, 0) is 5.75 Å². The first-order valence-corrected chi connectivity index (χ1v) is 9.92. The molecule has 0 fully saturated rings. The van der Waals surface area contributed by atoms with Gasteiger partial charge in [0.25, 0.3) is 0 Å². The van der Waals surface area contributed by atoms with Crippen LogP contribution >= 0.6 is 11.8 Å². The Kier molecular flexibility index (Phi) is 4.25. The van der Waals surface area contributed by atoms with Gasteiger partial charge in [0.2, 0.25) is 0 Å². The van der Waals surface area contributed by atoms with Crippen molar-refractivity contribution in [2.45, 2.75) is 38.4 Å². The van der Waals surface area contributed by atoms with E-state index in [0.29, 0.717) is 0 Å². The third-order valence-electron chi connectivity index (χ3n) is 2.17. The normalized spacial score (nSPS) is 12.0. The van der Waals surface area contributed by atoms with Gasteiger partial charge in [-0.25, -0.2) is 4.98 Å². The number of hydrogen-bond acceptors (Lipinski definition) is 2. The van der Waals surface area contributed by atoms with Crippen LogP contribution in [0.2, 0.25) is 25.7 Å². The number of thioether (sulfide) groups is 1. The molecule has 0 spiro atoms. The topological polar surface area (TPSA) is 28.7 Å². The van der Waals surface area contributed by atoms with Gasteiger partial charge in [-0.1, -0.05) is 19.6 Å². The zero-order valence-electron chi connectivity index (χ0n) is 9.55. The summed E-state index contributed by atoms with van der Waals surface area (Å²) in [5.74, 6) is 2.34. The average Bonchev–Trinajstić information content (AvgIpc) is 2.44. The van der Waals surface area contributed by atoms with E-state index in [1.807, 2.05) is 11.8 Å². The highest BCUT2D eigenvalue weighted by Crippen LogP contribution is 2.17. The molecule has 0 unspecified atom stereocenters. The molecule has 1 rings (SSSR count). The van der Waals surface area contributed by atoms with E-state index in [4.69, 9.17) is 0 Å². The summed E-state index contributed by atoms with van der Waals surface area (Å²) in [6.07, 6.45) is 1.78. The number of aryl methyl sites for hydroxylation is 1. The smallest absolute Gasteiger partial charge is 0.0925 e. The first kappa shape index (κ1) is 11.8. The number of nitrogens with zero attached hydrogens (tertiary/aromatic N) is 1. The molecule has 2 nitrogen and oxygen atoms in total. The summed E-state index contributed by atoms with van der Waals surface area (Å²) < 4.78 is 0. The van der Waals surface area contributed by atoms with Crippen LogP contribution in [0.15, 0.2) is 6.33 Å². The summed E-state index contributed by atoms with van der Waals surface area (Å²) in [5.41, 5.74) is 2.43. The van der Waals surface area contributed by atoms with E-state index in [9.17, 15) is 0 Å². The van der Waals surface area contributed by atoms with Crippen LogP contribution in [0.4, 0.5) is 0 Å². The molecular weight excluding hydrogens is 208 g/mol. The van der Waals surface area contributed by atoms with Gasteiger partial charge in [0.1, 0.15) is 0 Å². The van der Waals surface area contributed by atoms with E-state index >= 15 is 0 Å². The minimum Gasteiger partial charge on any atom is -0.348 e. The van der Waals surface area contributed by atoms with Crippen LogP contribution in [-0.4, -0.2) is 23.8 Å². The standard InChI is InChI=1S/C10H20N2SSi/c1-9-10(12-8-11-9)7-13-5-6-14(2,3)4/h8H,5-7H2,1-4H3,(H,11,12). The second-order valence-electron chi connectivity index (χ2n) is 4.84. The zero-order chi connectivity index (χ0) is 10.6. The van der Waals surface area contributed by atoms with Crippen LogP contribution in [0.3, 0.4) is 0 Å². The maximum Gasteiger partial charge on any atom is 0.0925 e. The third kappa shape index (κ3) is 4.33. The minimum absolute atomic E-state index is 0.842. The van der Waals surface area contributed by atoms with E-state index in [2.05, 4.69) is 36.5 Å². The molecule has 0 aliphatic heterocycles. The fourth-order valence-corrected chi connectivity index (χ4v) is 4.74. The third-order valence-corrected chi connectivity index (χ3v) is 5.25. The van der Waals surface area contributed by atoms with Crippen LogP contribution in [0.5, 0.6) is 0 Å². The molecule has 1 N–H and O–H groups in total. The van der Waals surface area contributed by atoms with Gasteiger partial charge in [0.15, 0.2) is 0 Å². The lowest BCUT2D eigenvalue weighted by atomic mass is 10.4. The number of nitrogens with one attached hydrogen (secondary N) is 1. The Morgan fingerprint density at radius 1 is 1.43 bits per heavy atom. The molecule has 0 saturated heterocycles. The Labute approximate surface area is 91.9 Å². The summed E-state index contributed by atoms with van der Waals surface area (Å²) in [5, 5.41) is 0. The van der Waals surface area contributed by atoms with Crippen molar-refractivity contribution in [1.29, 1.82) is 0 Å². The van der Waals surface area contributed by atoms with Crippen molar-refractivity contribution in [3.05, 3.63) is 17.7 Å². The summed E-state index contributed by atoms with van der Waals surface area (Å²) in [6.45, 7) is 9.36. The van der Waals surface area contributed by atoms with Gasteiger partial charge in [-0.15, -0.1) is 0 Å². The van der Waals surface area contributed by atoms with Gasteiger partial charge in [0.05, 0.1) is 12.0 Å². The monoisotopic (exact) mass is 228 g/mol. The fourth-order valence-electron chi connectivity index (χ4n) is 1.08. The van der Waals surface area contributed by atoms with Gasteiger partial charge in [-0.3, -0.25) is 0 Å². The van der Waals surface area contributed by atoms with Crippen molar-refractivity contribution in [2.24, 2.45) is 0 Å². The Balaban J connectivity index is 2.20. The van der Waals surface area contributed by atoms with Gasteiger partial charge < -0.3 is 4.98 Å². The number of imidazole rings is 1. The second kappa shape index (κ2) is 5.03.